The van der Waals surface area contributed by atoms with Crippen LogP contribution >= 0.6 is 0 Å². The maximum absolute atomic E-state index is 14.4. The number of benzene rings is 1. The highest BCUT2D eigenvalue weighted by Crippen LogP contribution is 2.43. The third kappa shape index (κ3) is 4.73. The Bertz CT molecular complexity index is 1030. The van der Waals surface area contributed by atoms with Gasteiger partial charge in [0.25, 0.3) is 0 Å². The topological polar surface area (TPSA) is 109 Å². The van der Waals surface area contributed by atoms with E-state index in [9.17, 15) is 31.5 Å². The van der Waals surface area contributed by atoms with E-state index in [0.717, 1.165) is 24.7 Å². The Labute approximate surface area is 165 Å². The normalized spacial score (nSPS) is 24.6. The molecule has 3 rings (SSSR count). The first-order valence-electron chi connectivity index (χ1n) is 8.60. The minimum atomic E-state index is -3.72. The summed E-state index contributed by atoms with van der Waals surface area (Å²) in [6.07, 6.45) is 0.139. The Hall–Kier alpha value is -2.53. The van der Waals surface area contributed by atoms with E-state index in [1.54, 1.807) is 0 Å². The molecule has 0 bridgehead atoms. The number of halogens is 3. The number of carbonyl (C=O) groups is 1. The van der Waals surface area contributed by atoms with Crippen LogP contribution in [0.5, 0.6) is 0 Å². The first kappa shape index (κ1) is 21.2. The van der Waals surface area contributed by atoms with E-state index in [1.807, 2.05) is 0 Å². The molecule has 1 heterocycles. The van der Waals surface area contributed by atoms with E-state index in [1.165, 1.54) is 12.1 Å². The molecule has 11 heteroatoms. The van der Waals surface area contributed by atoms with Gasteiger partial charge in [-0.2, -0.15) is 0 Å². The molecule has 2 aromatic rings. The van der Waals surface area contributed by atoms with Crippen LogP contribution in [0.3, 0.4) is 0 Å². The Morgan fingerprint density at radius 2 is 1.93 bits per heavy atom. The molecular weight excluding hydrogens is 411 g/mol. The largest absolute Gasteiger partial charge is 0.481 e. The van der Waals surface area contributed by atoms with Crippen molar-refractivity contribution in [1.29, 1.82) is 0 Å². The minimum Gasteiger partial charge on any atom is -0.481 e. The molecule has 0 amide bonds. The minimum absolute atomic E-state index is 0.0522. The van der Waals surface area contributed by atoms with Gasteiger partial charge < -0.3 is 5.11 Å². The molecule has 0 radical (unpaired) electrons. The molecule has 1 aliphatic carbocycles. The fraction of sp³-hybridized carbons (Fsp3) is 0.389. The van der Waals surface area contributed by atoms with Crippen molar-refractivity contribution in [3.63, 3.8) is 0 Å². The van der Waals surface area contributed by atoms with E-state index in [0.29, 0.717) is 5.56 Å². The Morgan fingerprint density at radius 3 is 2.52 bits per heavy atom. The number of hydrogen-bond donors (Lipinski definition) is 2. The second kappa shape index (κ2) is 7.71. The van der Waals surface area contributed by atoms with Gasteiger partial charge in [-0.15, -0.1) is 0 Å². The zero-order chi connectivity index (χ0) is 21.4. The molecule has 2 N–H and O–H groups in total. The van der Waals surface area contributed by atoms with Gasteiger partial charge >= 0.3 is 5.97 Å². The van der Waals surface area contributed by atoms with E-state index in [-0.39, 0.29) is 24.2 Å². The van der Waals surface area contributed by atoms with Crippen LogP contribution in [0.15, 0.2) is 30.6 Å². The van der Waals surface area contributed by atoms with Gasteiger partial charge in [-0.1, -0.05) is 6.07 Å². The van der Waals surface area contributed by atoms with Crippen LogP contribution in [-0.4, -0.2) is 47.9 Å². The number of nitrogens with one attached hydrogen (secondary N) is 1. The predicted octanol–water partition coefficient (Wildman–Crippen LogP) is 2.08. The SMILES string of the molecule is CS(=O)(=O)N[C@@H]1C[C@@](Cc2ccc(F)c(-c3ncc(F)cn3)c2)(C(=O)O)C[C@H]1F. The van der Waals surface area contributed by atoms with Gasteiger partial charge in [0.05, 0.1) is 35.7 Å². The Balaban J connectivity index is 1.91. The maximum atomic E-state index is 14.4. The summed E-state index contributed by atoms with van der Waals surface area (Å²) in [7, 11) is -3.72. The van der Waals surface area contributed by atoms with Crippen LogP contribution in [0.2, 0.25) is 0 Å². The van der Waals surface area contributed by atoms with Crippen LogP contribution in [0.25, 0.3) is 11.4 Å². The fourth-order valence-corrected chi connectivity index (χ4v) is 4.41. The molecule has 1 aromatic heterocycles. The number of alkyl halides is 1. The molecule has 1 saturated carbocycles. The summed E-state index contributed by atoms with van der Waals surface area (Å²) in [5.74, 6) is -2.74. The number of aromatic nitrogens is 2. The zero-order valence-electron chi connectivity index (χ0n) is 15.3. The van der Waals surface area contributed by atoms with E-state index >= 15 is 0 Å². The van der Waals surface area contributed by atoms with E-state index < -0.39 is 51.7 Å². The number of sulfonamides is 1. The van der Waals surface area contributed by atoms with Crippen LogP contribution in [0, 0.1) is 17.0 Å². The number of carboxylic acids is 1. The van der Waals surface area contributed by atoms with Crippen molar-refractivity contribution in [1.82, 2.24) is 14.7 Å². The Kier molecular flexibility index (Phi) is 5.63. The quantitative estimate of drug-likeness (QED) is 0.728. The monoisotopic (exact) mass is 429 g/mol. The van der Waals surface area contributed by atoms with E-state index in [4.69, 9.17) is 0 Å². The molecule has 29 heavy (non-hydrogen) atoms. The van der Waals surface area contributed by atoms with Crippen molar-refractivity contribution in [3.8, 4) is 11.4 Å². The van der Waals surface area contributed by atoms with Crippen LogP contribution in [-0.2, 0) is 21.2 Å². The molecule has 0 aliphatic heterocycles. The summed E-state index contributed by atoms with van der Waals surface area (Å²) in [5, 5.41) is 9.75. The third-order valence-electron chi connectivity index (χ3n) is 4.89. The zero-order valence-corrected chi connectivity index (χ0v) is 16.1. The van der Waals surface area contributed by atoms with Crippen molar-refractivity contribution in [2.45, 2.75) is 31.5 Å². The highest BCUT2D eigenvalue weighted by Gasteiger charge is 2.51. The van der Waals surface area contributed by atoms with Crippen molar-refractivity contribution in [2.75, 3.05) is 6.26 Å². The number of nitrogens with zero attached hydrogens (tertiary/aromatic N) is 2. The highest BCUT2D eigenvalue weighted by molar-refractivity contribution is 7.88. The third-order valence-corrected chi connectivity index (χ3v) is 5.62. The lowest BCUT2D eigenvalue weighted by Crippen LogP contribution is -2.38. The highest BCUT2D eigenvalue weighted by atomic mass is 32.2. The second-order valence-electron chi connectivity index (χ2n) is 7.22. The number of aliphatic carboxylic acids is 1. The van der Waals surface area contributed by atoms with Crippen molar-refractivity contribution >= 4 is 16.0 Å². The summed E-state index contributed by atoms with van der Waals surface area (Å²) in [6.45, 7) is 0. The number of rotatable bonds is 6. The van der Waals surface area contributed by atoms with Gasteiger partial charge in [0.1, 0.15) is 12.0 Å². The lowest BCUT2D eigenvalue weighted by molar-refractivity contribution is -0.148. The van der Waals surface area contributed by atoms with E-state index in [2.05, 4.69) is 14.7 Å². The molecule has 7 nitrogen and oxygen atoms in total. The summed E-state index contributed by atoms with van der Waals surface area (Å²) < 4.78 is 66.6. The van der Waals surface area contributed by atoms with Crippen LogP contribution < -0.4 is 4.72 Å². The summed E-state index contributed by atoms with van der Waals surface area (Å²) in [5.41, 5.74) is -1.24. The van der Waals surface area contributed by atoms with Gasteiger partial charge in [0.15, 0.2) is 11.6 Å². The van der Waals surface area contributed by atoms with Gasteiger partial charge in [0.2, 0.25) is 10.0 Å². The molecule has 156 valence electrons. The van der Waals surface area contributed by atoms with Gasteiger partial charge in [-0.3, -0.25) is 4.79 Å². The average molecular weight is 429 g/mol. The van der Waals surface area contributed by atoms with Crippen molar-refractivity contribution < 1.29 is 31.5 Å². The molecule has 1 aliphatic rings. The summed E-state index contributed by atoms with van der Waals surface area (Å²) >= 11 is 0. The Morgan fingerprint density at radius 1 is 1.28 bits per heavy atom. The molecule has 1 aromatic carbocycles. The first-order chi connectivity index (χ1) is 13.5. The maximum Gasteiger partial charge on any atom is 0.310 e. The lowest BCUT2D eigenvalue weighted by Gasteiger charge is -2.24. The lowest BCUT2D eigenvalue weighted by atomic mass is 9.79. The fourth-order valence-electron chi connectivity index (χ4n) is 3.63. The van der Waals surface area contributed by atoms with Crippen LogP contribution in [0.1, 0.15) is 18.4 Å². The molecule has 1 fully saturated rings. The predicted molar refractivity (Wildman–Crippen MR) is 97.1 cm³/mol. The van der Waals surface area contributed by atoms with Gasteiger partial charge in [0, 0.05) is 0 Å². The van der Waals surface area contributed by atoms with Crippen molar-refractivity contribution in [2.24, 2.45) is 5.41 Å². The van der Waals surface area contributed by atoms with Gasteiger partial charge in [-0.05, 0) is 37.0 Å². The molecule has 0 unspecified atom stereocenters. The smallest absolute Gasteiger partial charge is 0.310 e. The van der Waals surface area contributed by atoms with Crippen LogP contribution in [0.4, 0.5) is 13.2 Å². The number of hydrogen-bond acceptors (Lipinski definition) is 5. The number of carboxylic acid groups (broad SMARTS) is 1. The summed E-state index contributed by atoms with van der Waals surface area (Å²) in [6, 6.07) is 2.62. The summed E-state index contributed by atoms with van der Waals surface area (Å²) in [4.78, 5) is 19.4. The standard InChI is InChI=1S/C18H18F3N3O4S/c1-29(27,28)24-15-7-18(17(25)26,6-14(15)21)5-10-2-3-13(20)12(4-10)16-22-8-11(19)9-23-16/h2-4,8-9,14-15,24H,5-7H2,1H3,(H,25,26)/t14-,15-,18+/m1/s1. The first-order valence-corrected chi connectivity index (χ1v) is 10.5. The van der Waals surface area contributed by atoms with Crippen molar-refractivity contribution in [3.05, 3.63) is 47.8 Å². The molecular formula is C18H18F3N3O4S. The molecule has 0 spiro atoms. The average Bonchev–Trinajstić information content (AvgIpc) is 2.92. The second-order valence-corrected chi connectivity index (χ2v) is 9.00. The van der Waals surface area contributed by atoms with Gasteiger partial charge in [-0.25, -0.2) is 36.3 Å². The molecule has 0 saturated heterocycles. The molecule has 3 atom stereocenters.